The molecule has 0 radical (unpaired) electrons. The number of hydrogen-bond acceptors (Lipinski definition) is 4. The third-order valence-corrected chi connectivity index (χ3v) is 3.96. The van der Waals surface area contributed by atoms with Crippen molar-refractivity contribution in [3.63, 3.8) is 0 Å². The highest BCUT2D eigenvalue weighted by molar-refractivity contribution is 5.59. The molecule has 0 spiro atoms. The van der Waals surface area contributed by atoms with Crippen LogP contribution in [0.3, 0.4) is 0 Å². The van der Waals surface area contributed by atoms with Crippen molar-refractivity contribution in [2.24, 2.45) is 0 Å². The van der Waals surface area contributed by atoms with E-state index in [-0.39, 0.29) is 5.69 Å². The van der Waals surface area contributed by atoms with Crippen LogP contribution in [0.4, 0.5) is 11.5 Å². The van der Waals surface area contributed by atoms with E-state index in [0.717, 1.165) is 17.8 Å². The van der Waals surface area contributed by atoms with Crippen molar-refractivity contribution in [3.05, 3.63) is 51.6 Å². The molecule has 0 saturated heterocycles. The highest BCUT2D eigenvalue weighted by Crippen LogP contribution is 2.19. The highest BCUT2D eigenvalue weighted by atomic mass is 16.2. The van der Waals surface area contributed by atoms with Crippen molar-refractivity contribution in [2.45, 2.75) is 40.7 Å². The molecule has 23 heavy (non-hydrogen) atoms. The molecule has 3 rings (SSSR count). The first-order valence-corrected chi connectivity index (χ1v) is 7.81. The lowest BCUT2D eigenvalue weighted by molar-refractivity contribution is 0.581. The standard InChI is InChI=1S/C17H21N5O/c1-5-8-21-17(23)22-13(4)10-15(19-16(22)20-21)18-14-7-6-11(2)12(3)9-14/h6-7,9-10H,5,8H2,1-4H3,(H,18,19,20). The first-order valence-electron chi connectivity index (χ1n) is 7.81. The Morgan fingerprint density at radius 2 is 1.91 bits per heavy atom. The zero-order valence-corrected chi connectivity index (χ0v) is 13.9. The maximum absolute atomic E-state index is 12.3. The zero-order chi connectivity index (χ0) is 16.6. The minimum absolute atomic E-state index is 0.135. The van der Waals surface area contributed by atoms with Gasteiger partial charge in [0.1, 0.15) is 5.82 Å². The molecule has 0 aliphatic carbocycles. The number of anilines is 2. The third-order valence-electron chi connectivity index (χ3n) is 3.96. The van der Waals surface area contributed by atoms with E-state index in [1.807, 2.05) is 26.0 Å². The van der Waals surface area contributed by atoms with E-state index >= 15 is 0 Å². The van der Waals surface area contributed by atoms with Crippen molar-refractivity contribution in [2.75, 3.05) is 5.32 Å². The van der Waals surface area contributed by atoms with E-state index in [9.17, 15) is 4.79 Å². The summed E-state index contributed by atoms with van der Waals surface area (Å²) >= 11 is 0. The van der Waals surface area contributed by atoms with Gasteiger partial charge >= 0.3 is 5.69 Å². The Balaban J connectivity index is 2.02. The van der Waals surface area contributed by atoms with Crippen LogP contribution in [0.15, 0.2) is 29.1 Å². The minimum Gasteiger partial charge on any atom is -0.340 e. The normalized spacial score (nSPS) is 11.1. The Morgan fingerprint density at radius 3 is 2.61 bits per heavy atom. The molecule has 1 aromatic carbocycles. The summed E-state index contributed by atoms with van der Waals surface area (Å²) in [5.74, 6) is 1.11. The van der Waals surface area contributed by atoms with Gasteiger partial charge in [-0.05, 0) is 50.5 Å². The first-order chi connectivity index (χ1) is 11.0. The Kier molecular flexibility index (Phi) is 3.90. The molecule has 0 atom stereocenters. The first kappa shape index (κ1) is 15.3. The highest BCUT2D eigenvalue weighted by Gasteiger charge is 2.11. The molecule has 0 aliphatic rings. The smallest absolute Gasteiger partial charge is 0.340 e. The van der Waals surface area contributed by atoms with Crippen LogP contribution in [0.5, 0.6) is 0 Å². The van der Waals surface area contributed by atoms with Gasteiger partial charge in [0, 0.05) is 24.0 Å². The molecule has 0 amide bonds. The number of aryl methyl sites for hydroxylation is 4. The van der Waals surface area contributed by atoms with Gasteiger partial charge in [-0.15, -0.1) is 5.10 Å². The second kappa shape index (κ2) is 5.87. The molecule has 1 N–H and O–H groups in total. The lowest BCUT2D eigenvalue weighted by Crippen LogP contribution is -2.22. The molecule has 2 heterocycles. The third kappa shape index (κ3) is 2.84. The summed E-state index contributed by atoms with van der Waals surface area (Å²) in [4.78, 5) is 16.8. The number of nitrogens with zero attached hydrogens (tertiary/aromatic N) is 4. The quantitative estimate of drug-likeness (QED) is 0.804. The minimum atomic E-state index is -0.135. The summed E-state index contributed by atoms with van der Waals surface area (Å²) in [5.41, 5.74) is 4.12. The summed E-state index contributed by atoms with van der Waals surface area (Å²) in [6.07, 6.45) is 0.858. The number of hydrogen-bond donors (Lipinski definition) is 1. The summed E-state index contributed by atoms with van der Waals surface area (Å²) in [7, 11) is 0. The average molecular weight is 311 g/mol. The fraction of sp³-hybridized carbons (Fsp3) is 0.353. The van der Waals surface area contributed by atoms with E-state index in [4.69, 9.17) is 0 Å². The molecule has 0 unspecified atom stereocenters. The SMILES string of the molecule is CCCn1nc2nc(Nc3ccc(C)c(C)c3)cc(C)n2c1=O. The van der Waals surface area contributed by atoms with Crippen LogP contribution >= 0.6 is 0 Å². The van der Waals surface area contributed by atoms with Crippen LogP contribution in [0.2, 0.25) is 0 Å². The van der Waals surface area contributed by atoms with Crippen molar-refractivity contribution >= 4 is 17.3 Å². The predicted molar refractivity (Wildman–Crippen MR) is 91.5 cm³/mol. The van der Waals surface area contributed by atoms with Gasteiger partial charge in [-0.2, -0.15) is 4.98 Å². The Morgan fingerprint density at radius 1 is 1.13 bits per heavy atom. The van der Waals surface area contributed by atoms with Crippen LogP contribution in [-0.2, 0) is 6.54 Å². The Bertz CT molecular complexity index is 923. The van der Waals surface area contributed by atoms with Crippen molar-refractivity contribution in [1.29, 1.82) is 0 Å². The molecular weight excluding hydrogens is 290 g/mol. The lowest BCUT2D eigenvalue weighted by Gasteiger charge is -2.09. The summed E-state index contributed by atoms with van der Waals surface area (Å²) in [6.45, 7) is 8.67. The topological polar surface area (TPSA) is 64.2 Å². The number of fused-ring (bicyclic) bond motifs is 1. The largest absolute Gasteiger partial charge is 0.351 e. The summed E-state index contributed by atoms with van der Waals surface area (Å²) in [6, 6.07) is 8.04. The number of rotatable bonds is 4. The van der Waals surface area contributed by atoms with Gasteiger partial charge in [0.2, 0.25) is 0 Å². The van der Waals surface area contributed by atoms with Crippen LogP contribution in [0.25, 0.3) is 5.78 Å². The monoisotopic (exact) mass is 311 g/mol. The Labute approximate surface area is 134 Å². The van der Waals surface area contributed by atoms with E-state index in [0.29, 0.717) is 18.1 Å². The van der Waals surface area contributed by atoms with Gasteiger partial charge in [0.15, 0.2) is 0 Å². The molecule has 0 saturated carbocycles. The molecule has 120 valence electrons. The maximum Gasteiger partial charge on any atom is 0.351 e. The molecule has 0 fully saturated rings. The number of benzene rings is 1. The van der Waals surface area contributed by atoms with Crippen LogP contribution in [0, 0.1) is 20.8 Å². The van der Waals surface area contributed by atoms with Gasteiger partial charge in [0.25, 0.3) is 5.78 Å². The fourth-order valence-electron chi connectivity index (χ4n) is 2.57. The van der Waals surface area contributed by atoms with Gasteiger partial charge in [-0.3, -0.25) is 0 Å². The Hall–Kier alpha value is -2.63. The van der Waals surface area contributed by atoms with Gasteiger partial charge in [-0.1, -0.05) is 13.0 Å². The van der Waals surface area contributed by atoms with Gasteiger partial charge < -0.3 is 5.32 Å². The maximum atomic E-state index is 12.3. The van der Waals surface area contributed by atoms with E-state index < -0.39 is 0 Å². The average Bonchev–Trinajstić information content (AvgIpc) is 2.80. The fourth-order valence-corrected chi connectivity index (χ4v) is 2.57. The van der Waals surface area contributed by atoms with Crippen LogP contribution < -0.4 is 11.0 Å². The lowest BCUT2D eigenvalue weighted by atomic mass is 10.1. The molecule has 0 bridgehead atoms. The molecule has 2 aromatic heterocycles. The van der Waals surface area contributed by atoms with Crippen molar-refractivity contribution in [3.8, 4) is 0 Å². The zero-order valence-electron chi connectivity index (χ0n) is 13.9. The molecule has 3 aromatic rings. The van der Waals surface area contributed by atoms with Crippen molar-refractivity contribution < 1.29 is 0 Å². The van der Waals surface area contributed by atoms with Crippen molar-refractivity contribution in [1.82, 2.24) is 19.2 Å². The number of aromatic nitrogens is 4. The van der Waals surface area contributed by atoms with E-state index in [2.05, 4.69) is 41.4 Å². The molecule has 0 aliphatic heterocycles. The summed E-state index contributed by atoms with van der Waals surface area (Å²) < 4.78 is 3.01. The molecule has 6 nitrogen and oxygen atoms in total. The van der Waals surface area contributed by atoms with Gasteiger partial charge in [0.05, 0.1) is 0 Å². The van der Waals surface area contributed by atoms with Crippen LogP contribution in [0.1, 0.15) is 30.2 Å². The number of nitrogens with one attached hydrogen (secondary N) is 1. The van der Waals surface area contributed by atoms with Gasteiger partial charge in [-0.25, -0.2) is 13.9 Å². The molecular formula is C17H21N5O. The van der Waals surface area contributed by atoms with E-state index in [1.165, 1.54) is 15.8 Å². The van der Waals surface area contributed by atoms with E-state index in [1.54, 1.807) is 4.40 Å². The second-order valence-electron chi connectivity index (χ2n) is 5.85. The van der Waals surface area contributed by atoms with Crippen LogP contribution in [-0.4, -0.2) is 19.2 Å². The predicted octanol–water partition coefficient (Wildman–Crippen LogP) is 2.97. The summed E-state index contributed by atoms with van der Waals surface area (Å²) in [5, 5.41) is 7.60. The second-order valence-corrected chi connectivity index (χ2v) is 5.85. The molecule has 6 heteroatoms.